The maximum atomic E-state index is 12.0. The summed E-state index contributed by atoms with van der Waals surface area (Å²) in [7, 11) is 1.87. The van der Waals surface area contributed by atoms with Crippen LogP contribution in [-0.2, 0) is 0 Å². The molecule has 6 heteroatoms. The maximum Gasteiger partial charge on any atom is 0.280 e. The third-order valence-electron chi connectivity index (χ3n) is 2.72. The molecule has 0 bridgehead atoms. The van der Waals surface area contributed by atoms with Crippen molar-refractivity contribution in [3.63, 3.8) is 0 Å². The average Bonchev–Trinajstić information content (AvgIpc) is 2.79. The number of aliphatic imine (C=N–C) groups is 1. The number of aromatic nitrogens is 2. The van der Waals surface area contributed by atoms with E-state index < -0.39 is 0 Å². The smallest absolute Gasteiger partial charge is 0.280 e. The summed E-state index contributed by atoms with van der Waals surface area (Å²) in [5.41, 5.74) is 0.547. The van der Waals surface area contributed by atoms with E-state index in [0.29, 0.717) is 24.0 Å². The highest BCUT2D eigenvalue weighted by Crippen LogP contribution is 2.27. The Morgan fingerprint density at radius 2 is 2.40 bits per heavy atom. The summed E-state index contributed by atoms with van der Waals surface area (Å²) in [5.74, 6) is 1.32. The van der Waals surface area contributed by atoms with Crippen LogP contribution >= 0.6 is 0 Å². The SMILES string of the molecule is CC1CN2C(=O)c3[nH]cnc3N(C)C2=N1. The van der Waals surface area contributed by atoms with E-state index in [1.165, 1.54) is 6.33 Å². The fourth-order valence-corrected chi connectivity index (χ4v) is 2.02. The molecule has 15 heavy (non-hydrogen) atoms. The van der Waals surface area contributed by atoms with Crippen LogP contribution in [0.5, 0.6) is 0 Å². The zero-order chi connectivity index (χ0) is 10.6. The first-order chi connectivity index (χ1) is 7.18. The fraction of sp³-hybridized carbons (Fsp3) is 0.444. The third kappa shape index (κ3) is 0.958. The predicted octanol–water partition coefficient (Wildman–Crippen LogP) is 0.0598. The minimum Gasteiger partial charge on any atom is -0.339 e. The number of nitrogens with zero attached hydrogens (tertiary/aromatic N) is 4. The van der Waals surface area contributed by atoms with Crippen molar-refractivity contribution in [2.75, 3.05) is 18.5 Å². The van der Waals surface area contributed by atoms with E-state index in [1.807, 2.05) is 18.9 Å². The maximum absolute atomic E-state index is 12.0. The molecule has 3 rings (SSSR count). The van der Waals surface area contributed by atoms with Crippen LogP contribution in [0.2, 0.25) is 0 Å². The van der Waals surface area contributed by atoms with Gasteiger partial charge in [0.15, 0.2) is 5.82 Å². The monoisotopic (exact) mass is 205 g/mol. The highest BCUT2D eigenvalue weighted by atomic mass is 16.2. The molecular formula is C9H11N5O. The van der Waals surface area contributed by atoms with E-state index in [1.54, 1.807) is 4.90 Å². The molecule has 1 N–H and O–H groups in total. The number of fused-ring (bicyclic) bond motifs is 2. The lowest BCUT2D eigenvalue weighted by molar-refractivity contribution is 0.0842. The molecule has 1 aromatic rings. The Hall–Kier alpha value is -1.85. The number of hydrogen-bond donors (Lipinski definition) is 1. The fourth-order valence-electron chi connectivity index (χ4n) is 2.02. The molecule has 2 aliphatic rings. The summed E-state index contributed by atoms with van der Waals surface area (Å²) in [6, 6.07) is 0.162. The number of H-pyrrole nitrogens is 1. The summed E-state index contributed by atoms with van der Waals surface area (Å²) < 4.78 is 0. The van der Waals surface area contributed by atoms with Crippen molar-refractivity contribution in [1.82, 2.24) is 14.9 Å². The lowest BCUT2D eigenvalue weighted by Gasteiger charge is -2.29. The number of carbonyl (C=O) groups excluding carboxylic acids is 1. The van der Waals surface area contributed by atoms with Gasteiger partial charge in [0.25, 0.3) is 5.91 Å². The van der Waals surface area contributed by atoms with Crippen LogP contribution in [0.25, 0.3) is 0 Å². The summed E-state index contributed by atoms with van der Waals surface area (Å²) in [4.78, 5) is 26.9. The molecule has 0 fully saturated rings. The molecule has 0 aromatic carbocycles. The van der Waals surface area contributed by atoms with Crippen molar-refractivity contribution in [2.45, 2.75) is 13.0 Å². The van der Waals surface area contributed by atoms with Gasteiger partial charge in [0, 0.05) is 7.05 Å². The van der Waals surface area contributed by atoms with Gasteiger partial charge in [-0.1, -0.05) is 0 Å². The van der Waals surface area contributed by atoms with Crippen LogP contribution in [0.15, 0.2) is 11.3 Å². The minimum absolute atomic E-state index is 0.0382. The molecule has 0 radical (unpaired) electrons. The molecule has 0 aliphatic carbocycles. The molecule has 2 aliphatic heterocycles. The first-order valence-electron chi connectivity index (χ1n) is 4.85. The minimum atomic E-state index is -0.0382. The molecule has 1 unspecified atom stereocenters. The van der Waals surface area contributed by atoms with Gasteiger partial charge in [-0.15, -0.1) is 0 Å². The van der Waals surface area contributed by atoms with Crippen molar-refractivity contribution in [1.29, 1.82) is 0 Å². The molecule has 6 nitrogen and oxygen atoms in total. The number of imidazole rings is 1. The normalized spacial score (nSPS) is 24.0. The molecule has 1 aromatic heterocycles. The topological polar surface area (TPSA) is 64.6 Å². The van der Waals surface area contributed by atoms with Crippen LogP contribution in [-0.4, -0.2) is 46.4 Å². The van der Waals surface area contributed by atoms with Gasteiger partial charge >= 0.3 is 0 Å². The van der Waals surface area contributed by atoms with Crippen molar-refractivity contribution < 1.29 is 4.79 Å². The highest BCUT2D eigenvalue weighted by Gasteiger charge is 2.39. The van der Waals surface area contributed by atoms with Crippen molar-refractivity contribution in [3.05, 3.63) is 12.0 Å². The van der Waals surface area contributed by atoms with E-state index in [2.05, 4.69) is 15.0 Å². The van der Waals surface area contributed by atoms with Gasteiger partial charge in [-0.3, -0.25) is 14.6 Å². The average molecular weight is 205 g/mol. The molecule has 1 atom stereocenters. The summed E-state index contributed by atoms with van der Waals surface area (Å²) >= 11 is 0. The van der Waals surface area contributed by atoms with E-state index >= 15 is 0 Å². The number of guanidine groups is 1. The largest absolute Gasteiger partial charge is 0.339 e. The van der Waals surface area contributed by atoms with Crippen LogP contribution in [0.3, 0.4) is 0 Å². The Labute approximate surface area is 86.6 Å². The molecule has 3 heterocycles. The number of nitrogens with one attached hydrogen (secondary N) is 1. The number of amides is 1. The summed E-state index contributed by atoms with van der Waals surface area (Å²) in [6.07, 6.45) is 1.53. The molecule has 0 saturated heterocycles. The van der Waals surface area contributed by atoms with Gasteiger partial charge in [0.1, 0.15) is 5.69 Å². The molecule has 1 amide bonds. The van der Waals surface area contributed by atoms with Gasteiger partial charge in [-0.25, -0.2) is 9.98 Å². The second kappa shape index (κ2) is 2.59. The van der Waals surface area contributed by atoms with E-state index in [0.717, 1.165) is 0 Å². The van der Waals surface area contributed by atoms with E-state index in [-0.39, 0.29) is 11.9 Å². The van der Waals surface area contributed by atoms with Crippen molar-refractivity contribution in [3.8, 4) is 0 Å². The van der Waals surface area contributed by atoms with Crippen LogP contribution in [0, 0.1) is 0 Å². The van der Waals surface area contributed by atoms with Crippen molar-refractivity contribution >= 4 is 17.7 Å². The summed E-state index contributed by atoms with van der Waals surface area (Å²) in [5, 5.41) is 0. The van der Waals surface area contributed by atoms with E-state index in [9.17, 15) is 4.79 Å². The van der Waals surface area contributed by atoms with Gasteiger partial charge in [0.05, 0.1) is 18.9 Å². The Kier molecular flexibility index (Phi) is 1.46. The predicted molar refractivity (Wildman–Crippen MR) is 54.9 cm³/mol. The number of hydrogen-bond acceptors (Lipinski definition) is 4. The summed E-state index contributed by atoms with van der Waals surface area (Å²) in [6.45, 7) is 2.64. The Morgan fingerprint density at radius 3 is 3.20 bits per heavy atom. The van der Waals surface area contributed by atoms with Gasteiger partial charge < -0.3 is 4.98 Å². The number of aromatic amines is 1. The van der Waals surface area contributed by atoms with Crippen molar-refractivity contribution in [2.24, 2.45) is 4.99 Å². The lowest BCUT2D eigenvalue weighted by atomic mass is 10.3. The molecule has 0 spiro atoms. The Morgan fingerprint density at radius 1 is 1.60 bits per heavy atom. The first-order valence-corrected chi connectivity index (χ1v) is 4.85. The van der Waals surface area contributed by atoms with Crippen LogP contribution in [0.4, 0.5) is 5.82 Å². The second-order valence-corrected chi connectivity index (χ2v) is 3.85. The quantitative estimate of drug-likeness (QED) is 0.651. The zero-order valence-electron chi connectivity index (χ0n) is 8.56. The Balaban J connectivity index is 2.16. The highest BCUT2D eigenvalue weighted by molar-refractivity contribution is 6.17. The van der Waals surface area contributed by atoms with E-state index in [4.69, 9.17) is 0 Å². The standard InChI is InChI=1S/C9H11N5O/c1-5-3-14-8(15)6-7(11-4-10-6)13(2)9(14)12-5/h4-5H,3H2,1-2H3,(H,10,11). The van der Waals surface area contributed by atoms with Gasteiger partial charge in [-0.2, -0.15) is 0 Å². The molecule has 78 valence electrons. The number of anilines is 1. The van der Waals surface area contributed by atoms with Gasteiger partial charge in [0.2, 0.25) is 5.96 Å². The van der Waals surface area contributed by atoms with Crippen LogP contribution < -0.4 is 4.90 Å². The Bertz CT molecular complexity index is 463. The number of carbonyl (C=O) groups is 1. The zero-order valence-corrected chi connectivity index (χ0v) is 8.56. The third-order valence-corrected chi connectivity index (χ3v) is 2.72. The second-order valence-electron chi connectivity index (χ2n) is 3.85. The van der Waals surface area contributed by atoms with Gasteiger partial charge in [-0.05, 0) is 6.92 Å². The molecule has 0 saturated carbocycles. The molecular weight excluding hydrogens is 194 g/mol. The lowest BCUT2D eigenvalue weighted by Crippen LogP contribution is -2.48. The van der Waals surface area contributed by atoms with Crippen LogP contribution in [0.1, 0.15) is 17.4 Å². The first kappa shape index (κ1) is 8.46. The number of rotatable bonds is 0.